The van der Waals surface area contributed by atoms with E-state index in [2.05, 4.69) is 20.3 Å². The van der Waals surface area contributed by atoms with E-state index >= 15 is 0 Å². The van der Waals surface area contributed by atoms with Crippen molar-refractivity contribution in [2.75, 3.05) is 0 Å². The maximum Gasteiger partial charge on any atom is 0.241 e. The highest BCUT2D eigenvalue weighted by Gasteiger charge is 1.89. The Balaban J connectivity index is 0.00000144. The van der Waals surface area contributed by atoms with Crippen molar-refractivity contribution in [3.05, 3.63) is 12.7 Å². The van der Waals surface area contributed by atoms with Gasteiger partial charge in [-0.3, -0.25) is 0 Å². The summed E-state index contributed by atoms with van der Waals surface area (Å²) >= 11 is 0. The molecule has 9 heteroatoms. The van der Waals surface area contributed by atoms with E-state index in [1.54, 1.807) is 0 Å². The van der Waals surface area contributed by atoms with Crippen LogP contribution in [0.1, 0.15) is 0 Å². The fraction of sp³-hybridized carbons (Fsp3) is 0. The van der Waals surface area contributed by atoms with Gasteiger partial charge >= 0.3 is 0 Å². The predicted octanol–water partition coefficient (Wildman–Crippen LogP) is -1.95. The van der Waals surface area contributed by atoms with Gasteiger partial charge in [-0.25, -0.2) is 4.68 Å². The van der Waals surface area contributed by atoms with E-state index in [1.807, 2.05) is 0 Å². The predicted molar refractivity (Wildman–Crippen MR) is 50.1 cm³/mol. The number of aliphatic imine (C=N–C) groups is 1. The van der Waals surface area contributed by atoms with Gasteiger partial charge in [-0.1, -0.05) is 0 Å². The second kappa shape index (κ2) is 4.93. The summed E-state index contributed by atoms with van der Waals surface area (Å²) in [7, 11) is 0. The zero-order valence-electron chi connectivity index (χ0n) is 6.53. The molecule has 0 saturated carbocycles. The standard InChI is InChI=1S/C4H8N8.ClH/c5-3(6)10-4(7)11-12-1-8-9-2-12;/h1-2H,(H6,5,6,7,10,11);1H. The number of aromatic nitrogens is 3. The lowest BCUT2D eigenvalue weighted by molar-refractivity contribution is 0.865. The van der Waals surface area contributed by atoms with E-state index in [1.165, 1.54) is 17.3 Å². The van der Waals surface area contributed by atoms with E-state index in [0.717, 1.165) is 0 Å². The number of hydrogen-bond donors (Lipinski definition) is 3. The minimum atomic E-state index is -0.149. The summed E-state index contributed by atoms with van der Waals surface area (Å²) in [6.07, 6.45) is 2.71. The second-order valence-corrected chi connectivity index (χ2v) is 1.84. The molecule has 0 aliphatic heterocycles. The average molecular weight is 205 g/mol. The first-order chi connectivity index (χ1) is 5.68. The third-order valence-electron chi connectivity index (χ3n) is 0.868. The quantitative estimate of drug-likeness (QED) is 0.361. The summed E-state index contributed by atoms with van der Waals surface area (Å²) in [6, 6.07) is 0. The van der Waals surface area contributed by atoms with Crippen LogP contribution in [-0.4, -0.2) is 26.8 Å². The molecule has 0 saturated heterocycles. The van der Waals surface area contributed by atoms with Crippen molar-refractivity contribution in [1.29, 1.82) is 0 Å². The summed E-state index contributed by atoms with van der Waals surface area (Å²) in [5.41, 5.74) is 15.4. The first-order valence-electron chi connectivity index (χ1n) is 2.97. The molecule has 0 aromatic carbocycles. The average Bonchev–Trinajstić information content (AvgIpc) is 2.37. The van der Waals surface area contributed by atoms with Crippen molar-refractivity contribution in [2.24, 2.45) is 27.3 Å². The van der Waals surface area contributed by atoms with Gasteiger partial charge in [-0.05, 0) is 0 Å². The Morgan fingerprint density at radius 1 is 1.15 bits per heavy atom. The van der Waals surface area contributed by atoms with Gasteiger partial charge in [-0.15, -0.1) is 27.7 Å². The van der Waals surface area contributed by atoms with Gasteiger partial charge in [-0.2, -0.15) is 4.99 Å². The lowest BCUT2D eigenvalue weighted by Gasteiger charge is -1.92. The number of guanidine groups is 2. The van der Waals surface area contributed by atoms with Crippen LogP contribution in [-0.2, 0) is 0 Å². The van der Waals surface area contributed by atoms with Crippen molar-refractivity contribution in [3.63, 3.8) is 0 Å². The Hall–Kier alpha value is -1.83. The highest BCUT2D eigenvalue weighted by atomic mass is 35.5. The van der Waals surface area contributed by atoms with E-state index in [-0.39, 0.29) is 24.3 Å². The summed E-state index contributed by atoms with van der Waals surface area (Å²) in [4.78, 5) is 3.48. The van der Waals surface area contributed by atoms with Crippen LogP contribution in [0.5, 0.6) is 0 Å². The van der Waals surface area contributed by atoms with Gasteiger partial charge in [0.2, 0.25) is 5.96 Å². The minimum Gasteiger partial charge on any atom is -0.370 e. The maximum absolute atomic E-state index is 5.29. The Labute approximate surface area is 79.9 Å². The molecule has 1 heterocycles. The number of halogens is 1. The largest absolute Gasteiger partial charge is 0.370 e. The van der Waals surface area contributed by atoms with Crippen LogP contribution in [0.4, 0.5) is 0 Å². The Morgan fingerprint density at radius 2 is 1.69 bits per heavy atom. The number of hydrogen-bond acceptors (Lipinski definition) is 3. The molecule has 0 amide bonds. The SMILES string of the molecule is Cl.NC(N)=N/C(N)=N\n1cnnc1. The van der Waals surface area contributed by atoms with Crippen LogP contribution in [0.15, 0.2) is 22.7 Å². The molecule has 1 aromatic heterocycles. The summed E-state index contributed by atoms with van der Waals surface area (Å²) in [6.45, 7) is 0. The number of nitrogens with two attached hydrogens (primary N) is 3. The first kappa shape index (κ1) is 11.2. The smallest absolute Gasteiger partial charge is 0.241 e. The van der Waals surface area contributed by atoms with Gasteiger partial charge in [0, 0.05) is 0 Å². The second-order valence-electron chi connectivity index (χ2n) is 1.84. The molecule has 13 heavy (non-hydrogen) atoms. The molecular weight excluding hydrogens is 196 g/mol. The van der Waals surface area contributed by atoms with E-state index in [0.29, 0.717) is 0 Å². The molecule has 0 spiro atoms. The van der Waals surface area contributed by atoms with Crippen LogP contribution in [0.25, 0.3) is 0 Å². The van der Waals surface area contributed by atoms with Crippen LogP contribution in [0.3, 0.4) is 0 Å². The molecule has 0 bridgehead atoms. The van der Waals surface area contributed by atoms with Crippen LogP contribution in [0, 0.1) is 0 Å². The fourth-order valence-corrected chi connectivity index (χ4v) is 0.520. The van der Waals surface area contributed by atoms with E-state index in [9.17, 15) is 0 Å². The van der Waals surface area contributed by atoms with Gasteiger partial charge in [0.05, 0.1) is 0 Å². The van der Waals surface area contributed by atoms with Crippen LogP contribution < -0.4 is 17.2 Å². The molecule has 0 aliphatic carbocycles. The Bertz CT molecular complexity index is 296. The first-order valence-corrected chi connectivity index (χ1v) is 2.97. The molecule has 0 radical (unpaired) electrons. The lowest BCUT2D eigenvalue weighted by atomic mass is 10.9. The number of rotatable bonds is 1. The molecular formula is C4H9ClN8. The lowest BCUT2D eigenvalue weighted by Crippen LogP contribution is -2.26. The normalized spacial score (nSPS) is 10.3. The molecule has 0 aliphatic rings. The van der Waals surface area contributed by atoms with Crippen molar-refractivity contribution in [3.8, 4) is 0 Å². The highest BCUT2D eigenvalue weighted by Crippen LogP contribution is 1.80. The van der Waals surface area contributed by atoms with Crippen molar-refractivity contribution in [1.82, 2.24) is 14.9 Å². The molecule has 1 rings (SSSR count). The van der Waals surface area contributed by atoms with Crippen molar-refractivity contribution < 1.29 is 0 Å². The van der Waals surface area contributed by atoms with Crippen molar-refractivity contribution in [2.45, 2.75) is 0 Å². The summed E-state index contributed by atoms with van der Waals surface area (Å²) in [5.74, 6) is -0.209. The fourth-order valence-electron chi connectivity index (χ4n) is 0.520. The molecule has 0 fully saturated rings. The zero-order chi connectivity index (χ0) is 8.97. The van der Waals surface area contributed by atoms with E-state index in [4.69, 9.17) is 17.2 Å². The van der Waals surface area contributed by atoms with Gasteiger partial charge in [0.1, 0.15) is 12.7 Å². The molecule has 0 atom stereocenters. The molecule has 8 nitrogen and oxygen atoms in total. The molecule has 6 N–H and O–H groups in total. The van der Waals surface area contributed by atoms with Crippen LogP contribution in [0.2, 0.25) is 0 Å². The van der Waals surface area contributed by atoms with Crippen LogP contribution >= 0.6 is 12.4 Å². The van der Waals surface area contributed by atoms with E-state index < -0.39 is 0 Å². The van der Waals surface area contributed by atoms with Gasteiger partial charge in [0.25, 0.3) is 0 Å². The molecule has 1 aromatic rings. The van der Waals surface area contributed by atoms with Gasteiger partial charge < -0.3 is 17.2 Å². The Morgan fingerprint density at radius 3 is 2.15 bits per heavy atom. The minimum absolute atomic E-state index is 0. The highest BCUT2D eigenvalue weighted by molar-refractivity contribution is 5.92. The molecule has 72 valence electrons. The third kappa shape index (κ3) is 3.91. The molecule has 0 unspecified atom stereocenters. The Kier molecular flexibility index (Phi) is 4.24. The summed E-state index contributed by atoms with van der Waals surface area (Å²) in [5, 5.41) is 10.7. The topological polar surface area (TPSA) is 133 Å². The maximum atomic E-state index is 5.29. The zero-order valence-corrected chi connectivity index (χ0v) is 7.35. The summed E-state index contributed by atoms with van der Waals surface area (Å²) < 4.78 is 1.28. The van der Waals surface area contributed by atoms with Gasteiger partial charge in [0.15, 0.2) is 5.96 Å². The van der Waals surface area contributed by atoms with Crippen molar-refractivity contribution >= 4 is 24.3 Å². The monoisotopic (exact) mass is 204 g/mol. The third-order valence-corrected chi connectivity index (χ3v) is 0.868. The number of nitrogens with zero attached hydrogens (tertiary/aromatic N) is 5.